The van der Waals surface area contributed by atoms with Crippen LogP contribution in [0, 0.1) is 0 Å². The molecule has 0 atom stereocenters. The van der Waals surface area contributed by atoms with Crippen molar-refractivity contribution in [1.82, 2.24) is 4.98 Å². The predicted molar refractivity (Wildman–Crippen MR) is 67.0 cm³/mol. The van der Waals surface area contributed by atoms with Gasteiger partial charge in [0.05, 0.1) is 9.35 Å². The Morgan fingerprint density at radius 1 is 1.53 bits per heavy atom. The first-order valence-electron chi connectivity index (χ1n) is 4.34. The van der Waals surface area contributed by atoms with Crippen LogP contribution in [0.3, 0.4) is 0 Å². The van der Waals surface area contributed by atoms with Crippen molar-refractivity contribution in [1.29, 1.82) is 0 Å². The number of nitrogens with zero attached hydrogens (tertiary/aromatic N) is 2. The number of hydrogen-bond acceptors (Lipinski definition) is 4. The smallest absolute Gasteiger partial charge is 0.161 e. The lowest BCUT2D eigenvalue weighted by atomic mass is 10.2. The first-order chi connectivity index (χ1) is 7.15. The largest absolute Gasteiger partial charge is 0.377 e. The topological polar surface area (TPSA) is 33.2 Å². The molecule has 0 aromatic carbocycles. The Balaban J connectivity index is 2.84. The zero-order chi connectivity index (χ0) is 11.0. The van der Waals surface area contributed by atoms with E-state index in [-0.39, 0.29) is 0 Å². The van der Waals surface area contributed by atoms with Crippen LogP contribution in [0.5, 0.6) is 0 Å². The summed E-state index contributed by atoms with van der Waals surface area (Å²) in [4.78, 5) is 18.7. The Morgan fingerprint density at radius 2 is 2.27 bits per heavy atom. The number of thiophene rings is 1. The minimum Gasteiger partial charge on any atom is -0.377 e. The van der Waals surface area contributed by atoms with Crippen LogP contribution in [-0.2, 0) is 0 Å². The molecule has 78 valence electrons. The highest BCUT2D eigenvalue weighted by Crippen LogP contribution is 2.38. The molecule has 5 heteroatoms. The van der Waals surface area contributed by atoms with E-state index in [0.29, 0.717) is 4.88 Å². The van der Waals surface area contributed by atoms with E-state index in [1.165, 1.54) is 11.3 Å². The van der Waals surface area contributed by atoms with E-state index in [0.717, 1.165) is 26.7 Å². The van der Waals surface area contributed by atoms with Gasteiger partial charge in [-0.1, -0.05) is 0 Å². The highest BCUT2D eigenvalue weighted by Gasteiger charge is 2.14. The molecule has 0 N–H and O–H groups in total. The van der Waals surface area contributed by atoms with E-state index in [1.807, 2.05) is 25.1 Å². The summed E-state index contributed by atoms with van der Waals surface area (Å²) in [5, 5.41) is 1.01. The maximum absolute atomic E-state index is 10.8. The van der Waals surface area contributed by atoms with Crippen molar-refractivity contribution in [2.75, 3.05) is 19.0 Å². The monoisotopic (exact) mass is 284 g/mol. The Kier molecular flexibility index (Phi) is 2.75. The lowest BCUT2D eigenvalue weighted by Crippen LogP contribution is -2.08. The molecule has 0 saturated carbocycles. The lowest BCUT2D eigenvalue weighted by Gasteiger charge is -2.13. The molecule has 0 fully saturated rings. The molecular formula is C10H9BrN2OS. The zero-order valence-electron chi connectivity index (χ0n) is 8.32. The highest BCUT2D eigenvalue weighted by atomic mass is 79.9. The molecule has 0 spiro atoms. The molecule has 0 radical (unpaired) electrons. The van der Waals surface area contributed by atoms with Crippen molar-refractivity contribution in [2.45, 2.75) is 0 Å². The number of hydrogen-bond donors (Lipinski definition) is 0. The van der Waals surface area contributed by atoms with Crippen molar-refractivity contribution in [3.63, 3.8) is 0 Å². The summed E-state index contributed by atoms with van der Waals surface area (Å²) in [5.41, 5.74) is 1.07. The third-order valence-corrected chi connectivity index (χ3v) is 4.23. The molecule has 0 bridgehead atoms. The summed E-state index contributed by atoms with van der Waals surface area (Å²) in [6, 6.07) is 1.94. The number of pyridine rings is 1. The number of anilines is 1. The van der Waals surface area contributed by atoms with Gasteiger partial charge in [-0.3, -0.25) is 4.79 Å². The van der Waals surface area contributed by atoms with E-state index in [2.05, 4.69) is 20.9 Å². The maximum atomic E-state index is 10.8. The van der Waals surface area contributed by atoms with E-state index >= 15 is 0 Å². The number of aldehydes is 1. The maximum Gasteiger partial charge on any atom is 0.161 e. The van der Waals surface area contributed by atoms with Gasteiger partial charge in [0.15, 0.2) is 6.29 Å². The Labute approximate surface area is 99.9 Å². The number of aromatic nitrogens is 1. The van der Waals surface area contributed by atoms with E-state index in [9.17, 15) is 4.79 Å². The summed E-state index contributed by atoms with van der Waals surface area (Å²) >= 11 is 4.85. The van der Waals surface area contributed by atoms with E-state index in [1.54, 1.807) is 6.20 Å². The molecule has 2 heterocycles. The van der Waals surface area contributed by atoms with Crippen LogP contribution in [0.1, 0.15) is 9.67 Å². The summed E-state index contributed by atoms with van der Waals surface area (Å²) in [7, 11) is 3.94. The lowest BCUT2D eigenvalue weighted by molar-refractivity contribution is 0.112. The van der Waals surface area contributed by atoms with Crippen molar-refractivity contribution in [3.05, 3.63) is 21.6 Å². The van der Waals surface area contributed by atoms with Gasteiger partial charge in [0.25, 0.3) is 0 Å². The molecule has 0 amide bonds. The first kappa shape index (κ1) is 10.6. The van der Waals surface area contributed by atoms with Crippen LogP contribution >= 0.6 is 27.3 Å². The van der Waals surface area contributed by atoms with Gasteiger partial charge >= 0.3 is 0 Å². The summed E-state index contributed by atoms with van der Waals surface area (Å²) in [5.74, 6) is 0. The highest BCUT2D eigenvalue weighted by molar-refractivity contribution is 9.10. The average molecular weight is 285 g/mol. The summed E-state index contributed by atoms with van der Waals surface area (Å²) in [6.07, 6.45) is 2.62. The minimum absolute atomic E-state index is 0.687. The second-order valence-electron chi connectivity index (χ2n) is 3.30. The first-order valence-corrected chi connectivity index (χ1v) is 5.95. The Morgan fingerprint density at radius 3 is 2.87 bits per heavy atom. The number of carbonyl (C=O) groups is 1. The third-order valence-electron chi connectivity index (χ3n) is 2.13. The second-order valence-corrected chi connectivity index (χ2v) is 5.13. The average Bonchev–Trinajstić information content (AvgIpc) is 2.55. The van der Waals surface area contributed by atoms with Gasteiger partial charge < -0.3 is 4.90 Å². The molecular weight excluding hydrogens is 276 g/mol. The molecule has 2 aromatic rings. The molecule has 0 aliphatic carbocycles. The van der Waals surface area contributed by atoms with Gasteiger partial charge in [-0.05, 0) is 22.0 Å². The van der Waals surface area contributed by atoms with Gasteiger partial charge in [-0.2, -0.15) is 0 Å². The van der Waals surface area contributed by atoms with Crippen LogP contribution in [0.25, 0.3) is 10.2 Å². The van der Waals surface area contributed by atoms with Gasteiger partial charge in [-0.25, -0.2) is 4.98 Å². The zero-order valence-corrected chi connectivity index (χ0v) is 10.7. The molecule has 15 heavy (non-hydrogen) atoms. The van der Waals surface area contributed by atoms with Crippen molar-refractivity contribution in [2.24, 2.45) is 0 Å². The summed E-state index contributed by atoms with van der Waals surface area (Å²) in [6.45, 7) is 0. The third kappa shape index (κ3) is 1.66. The number of rotatable bonds is 2. The molecule has 0 saturated heterocycles. The minimum atomic E-state index is 0.687. The standard InChI is InChI=1S/C10H9BrN2OS/c1-13(2)6-3-4-12-10-8(6)9(11)7(5-14)15-10/h3-5H,1-2H3. The molecule has 0 aliphatic rings. The number of halogens is 1. The van der Waals surface area contributed by atoms with Crippen molar-refractivity contribution >= 4 is 49.5 Å². The van der Waals surface area contributed by atoms with Crippen molar-refractivity contribution in [3.8, 4) is 0 Å². The molecule has 3 nitrogen and oxygen atoms in total. The molecule has 0 aliphatic heterocycles. The van der Waals surface area contributed by atoms with Crippen LogP contribution in [0.4, 0.5) is 5.69 Å². The number of carbonyl (C=O) groups excluding carboxylic acids is 1. The van der Waals surface area contributed by atoms with Crippen molar-refractivity contribution < 1.29 is 4.79 Å². The fourth-order valence-corrected chi connectivity index (χ4v) is 3.17. The molecule has 2 aromatic heterocycles. The van der Waals surface area contributed by atoms with Gasteiger partial charge in [0, 0.05) is 31.4 Å². The number of fused-ring (bicyclic) bond motifs is 1. The van der Waals surface area contributed by atoms with Gasteiger partial charge in [0.2, 0.25) is 0 Å². The van der Waals surface area contributed by atoms with Crippen LogP contribution < -0.4 is 4.90 Å². The van der Waals surface area contributed by atoms with Crippen LogP contribution in [-0.4, -0.2) is 25.4 Å². The quantitative estimate of drug-likeness (QED) is 0.795. The van der Waals surface area contributed by atoms with Gasteiger partial charge in [0.1, 0.15) is 4.83 Å². The Hall–Kier alpha value is -0.940. The summed E-state index contributed by atoms with van der Waals surface area (Å²) < 4.78 is 0.842. The molecule has 2 rings (SSSR count). The Bertz CT molecular complexity index is 521. The van der Waals surface area contributed by atoms with E-state index in [4.69, 9.17) is 0 Å². The fraction of sp³-hybridized carbons (Fsp3) is 0.200. The van der Waals surface area contributed by atoms with Gasteiger partial charge in [-0.15, -0.1) is 11.3 Å². The fourth-order valence-electron chi connectivity index (χ4n) is 1.44. The normalized spacial score (nSPS) is 10.6. The predicted octanol–water partition coefficient (Wildman–Crippen LogP) is 2.94. The van der Waals surface area contributed by atoms with Crippen LogP contribution in [0.15, 0.2) is 16.7 Å². The van der Waals surface area contributed by atoms with Crippen LogP contribution in [0.2, 0.25) is 0 Å². The molecule has 0 unspecified atom stereocenters. The second kappa shape index (κ2) is 3.90. The SMILES string of the molecule is CN(C)c1ccnc2sc(C=O)c(Br)c12. The van der Waals surface area contributed by atoms with E-state index < -0.39 is 0 Å².